The molecule has 1 fully saturated rings. The van der Waals surface area contributed by atoms with Crippen molar-refractivity contribution in [3.05, 3.63) is 65.5 Å². The lowest BCUT2D eigenvalue weighted by Gasteiger charge is -2.45. The average Bonchev–Trinajstić information content (AvgIpc) is 3.04. The van der Waals surface area contributed by atoms with Crippen molar-refractivity contribution in [2.75, 3.05) is 11.5 Å². The lowest BCUT2D eigenvalue weighted by molar-refractivity contribution is -0.150. The first-order valence-corrected chi connectivity index (χ1v) is 8.70. The third-order valence-electron chi connectivity index (χ3n) is 5.10. The topological polar surface area (TPSA) is 58.6 Å². The number of fused-ring (bicyclic) bond motifs is 3. The van der Waals surface area contributed by atoms with Crippen LogP contribution in [-0.4, -0.2) is 24.1 Å². The molecule has 1 N–H and O–H groups in total. The van der Waals surface area contributed by atoms with Crippen molar-refractivity contribution in [1.82, 2.24) is 5.32 Å². The highest BCUT2D eigenvalue weighted by Crippen LogP contribution is 2.48. The highest BCUT2D eigenvalue weighted by molar-refractivity contribution is 6.07. The summed E-state index contributed by atoms with van der Waals surface area (Å²) >= 11 is 0. The molecule has 26 heavy (non-hydrogen) atoms. The third-order valence-corrected chi connectivity index (χ3v) is 5.10. The van der Waals surface area contributed by atoms with Crippen molar-refractivity contribution in [3.63, 3.8) is 0 Å². The molecule has 2 aromatic rings. The molecule has 0 radical (unpaired) electrons. The average molecular weight is 354 g/mol. The number of rotatable bonds is 3. The monoisotopic (exact) mass is 354 g/mol. The van der Waals surface area contributed by atoms with Crippen LogP contribution in [0.25, 0.3) is 0 Å². The van der Waals surface area contributed by atoms with Crippen molar-refractivity contribution in [3.8, 4) is 0 Å². The van der Waals surface area contributed by atoms with Gasteiger partial charge in [-0.25, -0.2) is 9.18 Å². The van der Waals surface area contributed by atoms with Crippen LogP contribution >= 0.6 is 0 Å². The summed E-state index contributed by atoms with van der Waals surface area (Å²) in [4.78, 5) is 27.4. The minimum Gasteiger partial charge on any atom is -0.463 e. The Balaban J connectivity index is 1.86. The molecule has 1 saturated heterocycles. The van der Waals surface area contributed by atoms with Gasteiger partial charge in [0.05, 0.1) is 23.9 Å². The third kappa shape index (κ3) is 2.36. The van der Waals surface area contributed by atoms with E-state index < -0.39 is 11.6 Å². The highest BCUT2D eigenvalue weighted by Gasteiger charge is 2.57. The summed E-state index contributed by atoms with van der Waals surface area (Å²) in [5.41, 5.74) is 0.863. The van der Waals surface area contributed by atoms with Gasteiger partial charge in [0.25, 0.3) is 5.91 Å². The smallest absolute Gasteiger partial charge is 0.353 e. The van der Waals surface area contributed by atoms with E-state index in [1.807, 2.05) is 17.0 Å². The first kappa shape index (κ1) is 16.6. The molecule has 134 valence electrons. The number of nitrogens with one attached hydrogen (secondary N) is 1. The lowest BCUT2D eigenvalue weighted by Crippen LogP contribution is -2.66. The van der Waals surface area contributed by atoms with E-state index in [1.165, 1.54) is 12.1 Å². The predicted octanol–water partition coefficient (Wildman–Crippen LogP) is 3.17. The normalized spacial score (nSPS) is 23.8. The summed E-state index contributed by atoms with van der Waals surface area (Å²) in [6.07, 6.45) is 1.06. The van der Waals surface area contributed by atoms with Gasteiger partial charge in [-0.15, -0.1) is 0 Å². The zero-order chi connectivity index (χ0) is 18.3. The van der Waals surface area contributed by atoms with Gasteiger partial charge in [-0.3, -0.25) is 4.79 Å². The SMILES string of the molecule is CCOC(=O)[C@@]12CC[C@@H](c3ccc(F)cc3)N1c1ccccc1C(=O)N2. The molecule has 5 nitrogen and oxygen atoms in total. The van der Waals surface area contributed by atoms with Gasteiger partial charge in [-0.1, -0.05) is 24.3 Å². The minimum absolute atomic E-state index is 0.165. The van der Waals surface area contributed by atoms with E-state index in [0.717, 1.165) is 5.56 Å². The Morgan fingerprint density at radius 1 is 1.27 bits per heavy atom. The number of halogens is 1. The maximum Gasteiger partial charge on any atom is 0.353 e. The number of esters is 1. The molecule has 6 heteroatoms. The van der Waals surface area contributed by atoms with E-state index in [1.54, 1.807) is 31.2 Å². The van der Waals surface area contributed by atoms with E-state index in [9.17, 15) is 14.0 Å². The van der Waals surface area contributed by atoms with Crippen LogP contribution in [-0.2, 0) is 9.53 Å². The Bertz CT molecular complexity index is 868. The van der Waals surface area contributed by atoms with E-state index >= 15 is 0 Å². The van der Waals surface area contributed by atoms with Crippen molar-refractivity contribution >= 4 is 17.6 Å². The van der Waals surface area contributed by atoms with Crippen molar-refractivity contribution in [2.45, 2.75) is 31.5 Å². The molecule has 2 heterocycles. The standard InChI is InChI=1S/C20H19FN2O3/c1-2-26-19(25)20-12-11-16(13-7-9-14(21)10-8-13)23(20)17-6-4-3-5-15(17)18(24)22-20/h3-10,16H,2,11-12H2,1H3,(H,22,24)/t16-,20+/m0/s1. The van der Waals surface area contributed by atoms with Crippen LogP contribution in [0.15, 0.2) is 48.5 Å². The number of nitrogens with zero attached hydrogens (tertiary/aromatic N) is 1. The number of para-hydroxylation sites is 1. The molecule has 0 aromatic heterocycles. The maximum absolute atomic E-state index is 13.4. The number of carbonyl (C=O) groups is 2. The molecule has 2 aromatic carbocycles. The molecule has 4 rings (SSSR count). The summed E-state index contributed by atoms with van der Waals surface area (Å²) < 4.78 is 18.7. The predicted molar refractivity (Wildman–Crippen MR) is 94.1 cm³/mol. The summed E-state index contributed by atoms with van der Waals surface area (Å²) in [6.45, 7) is 1.97. The Morgan fingerprint density at radius 2 is 2.00 bits per heavy atom. The fourth-order valence-electron chi connectivity index (χ4n) is 3.99. The molecular formula is C20H19FN2O3. The van der Waals surface area contributed by atoms with Crippen LogP contribution in [0.3, 0.4) is 0 Å². The Kier molecular flexibility index (Phi) is 3.90. The summed E-state index contributed by atoms with van der Waals surface area (Å²) in [5, 5.41) is 2.88. The number of hydrogen-bond acceptors (Lipinski definition) is 4. The fraction of sp³-hybridized carbons (Fsp3) is 0.300. The molecule has 0 spiro atoms. The first-order valence-electron chi connectivity index (χ1n) is 8.70. The first-order chi connectivity index (χ1) is 12.6. The largest absolute Gasteiger partial charge is 0.463 e. The Morgan fingerprint density at radius 3 is 2.73 bits per heavy atom. The van der Waals surface area contributed by atoms with Gasteiger partial charge in [0.15, 0.2) is 0 Å². The number of amides is 1. The molecule has 2 atom stereocenters. The fourth-order valence-corrected chi connectivity index (χ4v) is 3.99. The van der Waals surface area contributed by atoms with E-state index in [2.05, 4.69) is 5.32 Å². The zero-order valence-electron chi connectivity index (χ0n) is 14.4. The second kappa shape index (κ2) is 6.12. The van der Waals surface area contributed by atoms with Gasteiger partial charge < -0.3 is 15.0 Å². The molecule has 0 saturated carbocycles. The number of carbonyl (C=O) groups excluding carboxylic acids is 2. The zero-order valence-corrected chi connectivity index (χ0v) is 14.4. The molecule has 2 aliphatic heterocycles. The second-order valence-corrected chi connectivity index (χ2v) is 6.53. The van der Waals surface area contributed by atoms with Crippen molar-refractivity contribution in [1.29, 1.82) is 0 Å². The molecular weight excluding hydrogens is 335 g/mol. The molecule has 1 amide bonds. The van der Waals surface area contributed by atoms with Gasteiger partial charge in [0.1, 0.15) is 5.82 Å². The van der Waals surface area contributed by atoms with E-state index in [4.69, 9.17) is 4.74 Å². The maximum atomic E-state index is 13.4. The minimum atomic E-state index is -1.24. The number of ether oxygens (including phenoxy) is 1. The summed E-state index contributed by atoms with van der Waals surface area (Å²) in [7, 11) is 0. The number of anilines is 1. The van der Waals surface area contributed by atoms with Gasteiger partial charge in [0, 0.05) is 6.42 Å². The van der Waals surface area contributed by atoms with Gasteiger partial charge in [0.2, 0.25) is 5.66 Å². The highest BCUT2D eigenvalue weighted by atomic mass is 19.1. The van der Waals surface area contributed by atoms with Gasteiger partial charge in [-0.2, -0.15) is 0 Å². The quantitative estimate of drug-likeness (QED) is 0.860. The van der Waals surface area contributed by atoms with E-state index in [0.29, 0.717) is 24.1 Å². The molecule has 0 unspecified atom stereocenters. The van der Waals surface area contributed by atoms with Crippen LogP contribution in [0.1, 0.15) is 41.7 Å². The Labute approximate surface area is 150 Å². The van der Waals surface area contributed by atoms with Crippen LogP contribution in [0.4, 0.5) is 10.1 Å². The van der Waals surface area contributed by atoms with Gasteiger partial charge >= 0.3 is 5.97 Å². The Hall–Kier alpha value is -2.89. The summed E-state index contributed by atoms with van der Waals surface area (Å²) in [5.74, 6) is -1.06. The lowest BCUT2D eigenvalue weighted by atomic mass is 9.99. The van der Waals surface area contributed by atoms with Crippen LogP contribution in [0, 0.1) is 5.82 Å². The van der Waals surface area contributed by atoms with Crippen LogP contribution < -0.4 is 10.2 Å². The second-order valence-electron chi connectivity index (χ2n) is 6.53. The van der Waals surface area contributed by atoms with Crippen LogP contribution in [0.5, 0.6) is 0 Å². The van der Waals surface area contributed by atoms with Crippen molar-refractivity contribution < 1.29 is 18.7 Å². The molecule has 0 aliphatic carbocycles. The summed E-state index contributed by atoms with van der Waals surface area (Å²) in [6, 6.07) is 13.3. The van der Waals surface area contributed by atoms with E-state index in [-0.39, 0.29) is 24.4 Å². The number of hydrogen-bond donors (Lipinski definition) is 1. The number of benzene rings is 2. The molecule has 2 aliphatic rings. The molecule has 0 bridgehead atoms. The van der Waals surface area contributed by atoms with Crippen molar-refractivity contribution in [2.24, 2.45) is 0 Å². The van der Waals surface area contributed by atoms with Crippen LogP contribution in [0.2, 0.25) is 0 Å². The van der Waals surface area contributed by atoms with Gasteiger partial charge in [-0.05, 0) is 43.2 Å².